The molecule has 0 fully saturated rings. The highest BCUT2D eigenvalue weighted by atomic mass is 35.5. The monoisotopic (exact) mass is 283 g/mol. The van der Waals surface area contributed by atoms with Gasteiger partial charge in [0.2, 0.25) is 0 Å². The minimum Gasteiger partial charge on any atom is -0.385 e. The minimum absolute atomic E-state index is 0. The first kappa shape index (κ1) is 17.3. The molecular formula is C11H20ClF2N3O. The van der Waals surface area contributed by atoms with E-state index in [4.69, 9.17) is 4.74 Å². The highest BCUT2D eigenvalue weighted by Crippen LogP contribution is 2.08. The van der Waals surface area contributed by atoms with Crippen molar-refractivity contribution >= 4 is 12.4 Å². The second kappa shape index (κ2) is 9.24. The Bertz CT molecular complexity index is 334. The molecule has 18 heavy (non-hydrogen) atoms. The van der Waals surface area contributed by atoms with E-state index in [2.05, 4.69) is 10.4 Å². The fourth-order valence-corrected chi connectivity index (χ4v) is 1.54. The summed E-state index contributed by atoms with van der Waals surface area (Å²) in [7, 11) is 1.67. The van der Waals surface area contributed by atoms with E-state index in [0.717, 1.165) is 30.8 Å². The summed E-state index contributed by atoms with van der Waals surface area (Å²) >= 11 is 0. The van der Waals surface area contributed by atoms with Crippen LogP contribution in [0.2, 0.25) is 0 Å². The number of nitrogens with one attached hydrogen (secondary N) is 1. The van der Waals surface area contributed by atoms with Crippen LogP contribution >= 0.6 is 12.4 Å². The van der Waals surface area contributed by atoms with Crippen LogP contribution in [0, 0.1) is 6.92 Å². The van der Waals surface area contributed by atoms with Gasteiger partial charge in [0.25, 0.3) is 6.43 Å². The van der Waals surface area contributed by atoms with Crippen molar-refractivity contribution < 1.29 is 13.5 Å². The standard InChI is InChI=1S/C11H19F2N3O.ClH/c1-9-10(6-14-4-3-5-17-2)7-15-16(9)8-11(12)13;/h7,11,14H,3-6,8H2,1-2H3;1H. The van der Waals surface area contributed by atoms with E-state index >= 15 is 0 Å². The number of rotatable bonds is 8. The van der Waals surface area contributed by atoms with Crippen molar-refractivity contribution in [2.45, 2.75) is 32.9 Å². The van der Waals surface area contributed by atoms with Gasteiger partial charge in [-0.1, -0.05) is 0 Å². The molecule has 4 nitrogen and oxygen atoms in total. The van der Waals surface area contributed by atoms with Crippen molar-refractivity contribution in [3.63, 3.8) is 0 Å². The Hall–Kier alpha value is -0.720. The van der Waals surface area contributed by atoms with E-state index in [9.17, 15) is 8.78 Å². The Morgan fingerprint density at radius 1 is 1.50 bits per heavy atom. The largest absolute Gasteiger partial charge is 0.385 e. The Morgan fingerprint density at radius 3 is 2.83 bits per heavy atom. The Labute approximate surface area is 112 Å². The molecule has 0 amide bonds. The quantitative estimate of drug-likeness (QED) is 0.742. The van der Waals surface area contributed by atoms with Gasteiger partial charge in [0, 0.05) is 31.5 Å². The molecule has 0 spiro atoms. The van der Waals surface area contributed by atoms with Gasteiger partial charge in [0.1, 0.15) is 6.54 Å². The fraction of sp³-hybridized carbons (Fsp3) is 0.727. The van der Waals surface area contributed by atoms with Gasteiger partial charge in [-0.15, -0.1) is 12.4 Å². The van der Waals surface area contributed by atoms with Gasteiger partial charge >= 0.3 is 0 Å². The molecule has 0 aliphatic heterocycles. The second-order valence-electron chi connectivity index (χ2n) is 3.85. The van der Waals surface area contributed by atoms with E-state index in [1.165, 1.54) is 4.68 Å². The Balaban J connectivity index is 0.00000289. The van der Waals surface area contributed by atoms with Crippen molar-refractivity contribution in [3.05, 3.63) is 17.5 Å². The topological polar surface area (TPSA) is 39.1 Å². The highest BCUT2D eigenvalue weighted by molar-refractivity contribution is 5.85. The molecule has 0 atom stereocenters. The van der Waals surface area contributed by atoms with Crippen LogP contribution in [-0.4, -0.2) is 36.5 Å². The van der Waals surface area contributed by atoms with Crippen molar-refractivity contribution in [1.82, 2.24) is 15.1 Å². The highest BCUT2D eigenvalue weighted by Gasteiger charge is 2.10. The molecule has 0 radical (unpaired) electrons. The number of hydrogen-bond donors (Lipinski definition) is 1. The van der Waals surface area contributed by atoms with Crippen LogP contribution in [0.5, 0.6) is 0 Å². The lowest BCUT2D eigenvalue weighted by Gasteiger charge is -2.06. The lowest BCUT2D eigenvalue weighted by Crippen LogP contribution is -2.17. The first-order valence-corrected chi connectivity index (χ1v) is 5.64. The van der Waals surface area contributed by atoms with E-state index in [-0.39, 0.29) is 19.0 Å². The number of aromatic nitrogens is 2. The van der Waals surface area contributed by atoms with Gasteiger partial charge < -0.3 is 10.1 Å². The predicted octanol–water partition coefficient (Wildman–Crippen LogP) is 2.00. The SMILES string of the molecule is COCCCNCc1cnn(CC(F)F)c1C.Cl. The van der Waals surface area contributed by atoms with Crippen molar-refractivity contribution in [3.8, 4) is 0 Å². The average molecular weight is 284 g/mol. The van der Waals surface area contributed by atoms with Gasteiger partial charge in [0.05, 0.1) is 6.20 Å². The first-order chi connectivity index (χ1) is 8.15. The minimum atomic E-state index is -2.36. The Kier molecular flexibility index (Phi) is 8.87. The predicted molar refractivity (Wildman–Crippen MR) is 68.4 cm³/mol. The van der Waals surface area contributed by atoms with Crippen molar-refractivity contribution in [2.24, 2.45) is 0 Å². The fourth-order valence-electron chi connectivity index (χ4n) is 1.54. The van der Waals surface area contributed by atoms with E-state index in [1.807, 2.05) is 6.92 Å². The molecule has 0 aliphatic carbocycles. The zero-order chi connectivity index (χ0) is 12.7. The summed E-state index contributed by atoms with van der Waals surface area (Å²) in [6.07, 6.45) is 0.206. The molecule has 106 valence electrons. The summed E-state index contributed by atoms with van der Waals surface area (Å²) < 4.78 is 30.7. The smallest absolute Gasteiger partial charge is 0.257 e. The Morgan fingerprint density at radius 2 is 2.22 bits per heavy atom. The molecule has 1 N–H and O–H groups in total. The molecule has 0 aliphatic rings. The molecule has 0 saturated heterocycles. The number of halogens is 3. The van der Waals surface area contributed by atoms with Crippen LogP contribution in [-0.2, 0) is 17.8 Å². The molecule has 0 unspecified atom stereocenters. The van der Waals surface area contributed by atoms with Crippen LogP contribution in [0.3, 0.4) is 0 Å². The normalized spacial score (nSPS) is 10.7. The summed E-state index contributed by atoms with van der Waals surface area (Å²) in [6, 6.07) is 0. The van der Waals surface area contributed by atoms with Gasteiger partial charge in [0.15, 0.2) is 0 Å². The van der Waals surface area contributed by atoms with Crippen LogP contribution in [0.15, 0.2) is 6.20 Å². The summed E-state index contributed by atoms with van der Waals surface area (Å²) in [4.78, 5) is 0. The summed E-state index contributed by atoms with van der Waals surface area (Å²) in [5.41, 5.74) is 1.76. The summed E-state index contributed by atoms with van der Waals surface area (Å²) in [6.45, 7) is 3.68. The maximum Gasteiger partial charge on any atom is 0.257 e. The molecular weight excluding hydrogens is 264 g/mol. The molecule has 1 aromatic rings. The number of methoxy groups -OCH3 is 1. The van der Waals surface area contributed by atoms with E-state index < -0.39 is 6.43 Å². The molecule has 0 aromatic carbocycles. The van der Waals surface area contributed by atoms with Gasteiger partial charge in [-0.2, -0.15) is 5.10 Å². The van der Waals surface area contributed by atoms with E-state index in [1.54, 1.807) is 13.3 Å². The first-order valence-electron chi connectivity index (χ1n) is 5.64. The zero-order valence-electron chi connectivity index (χ0n) is 10.7. The summed E-state index contributed by atoms with van der Waals surface area (Å²) in [5.74, 6) is 0. The summed E-state index contributed by atoms with van der Waals surface area (Å²) in [5, 5.41) is 7.17. The zero-order valence-corrected chi connectivity index (χ0v) is 11.5. The van der Waals surface area contributed by atoms with Crippen LogP contribution < -0.4 is 5.32 Å². The molecule has 1 rings (SSSR count). The van der Waals surface area contributed by atoms with Crippen molar-refractivity contribution in [2.75, 3.05) is 20.3 Å². The maximum atomic E-state index is 12.2. The third-order valence-electron chi connectivity index (χ3n) is 2.53. The number of nitrogens with zero attached hydrogens (tertiary/aromatic N) is 2. The number of alkyl halides is 2. The van der Waals surface area contributed by atoms with Crippen LogP contribution in [0.25, 0.3) is 0 Å². The van der Waals surface area contributed by atoms with Crippen molar-refractivity contribution in [1.29, 1.82) is 0 Å². The maximum absolute atomic E-state index is 12.2. The molecule has 1 aromatic heterocycles. The lowest BCUT2D eigenvalue weighted by atomic mass is 10.2. The third kappa shape index (κ3) is 5.75. The molecule has 0 bridgehead atoms. The van der Waals surface area contributed by atoms with E-state index in [0.29, 0.717) is 6.54 Å². The second-order valence-corrected chi connectivity index (χ2v) is 3.85. The molecule has 7 heteroatoms. The number of hydrogen-bond acceptors (Lipinski definition) is 3. The molecule has 1 heterocycles. The lowest BCUT2D eigenvalue weighted by molar-refractivity contribution is 0.121. The van der Waals surface area contributed by atoms with Gasteiger partial charge in [-0.05, 0) is 19.9 Å². The van der Waals surface area contributed by atoms with Gasteiger partial charge in [-0.3, -0.25) is 4.68 Å². The van der Waals surface area contributed by atoms with Gasteiger partial charge in [-0.25, -0.2) is 8.78 Å². The average Bonchev–Trinajstić information content (AvgIpc) is 2.60. The number of ether oxygens (including phenoxy) is 1. The third-order valence-corrected chi connectivity index (χ3v) is 2.53. The molecule has 0 saturated carbocycles. The van der Waals surface area contributed by atoms with Crippen LogP contribution in [0.1, 0.15) is 17.7 Å². The van der Waals surface area contributed by atoms with Crippen LogP contribution in [0.4, 0.5) is 8.78 Å².